The van der Waals surface area contributed by atoms with Gasteiger partial charge in [0.05, 0.1) is 21.1 Å². The van der Waals surface area contributed by atoms with Crippen LogP contribution in [0.5, 0.6) is 11.5 Å². The van der Waals surface area contributed by atoms with Gasteiger partial charge in [-0.1, -0.05) is 35.3 Å². The van der Waals surface area contributed by atoms with Gasteiger partial charge in [-0.05, 0) is 64.3 Å². The first-order valence-corrected chi connectivity index (χ1v) is 11.3. The molecule has 2 aromatic carbocycles. The van der Waals surface area contributed by atoms with Gasteiger partial charge in [-0.15, -0.1) is 6.58 Å². The Morgan fingerprint density at radius 1 is 1.12 bits per heavy atom. The first-order chi connectivity index (χ1) is 15.7. The van der Waals surface area contributed by atoms with Crippen molar-refractivity contribution in [3.63, 3.8) is 0 Å². The van der Waals surface area contributed by atoms with Crippen LogP contribution in [-0.2, 0) is 16.2 Å². The molecule has 0 saturated carbocycles. The van der Waals surface area contributed by atoms with Crippen molar-refractivity contribution in [3.8, 4) is 11.5 Å². The molecule has 172 valence electrons. The van der Waals surface area contributed by atoms with Gasteiger partial charge in [0.25, 0.3) is 11.8 Å². The van der Waals surface area contributed by atoms with Crippen LogP contribution < -0.4 is 14.8 Å². The monoisotopic (exact) mass is 552 g/mol. The third kappa shape index (κ3) is 5.76. The van der Waals surface area contributed by atoms with Crippen LogP contribution in [0.25, 0.3) is 6.08 Å². The minimum absolute atomic E-state index is 0.0231. The van der Waals surface area contributed by atoms with Crippen LogP contribution in [-0.4, -0.2) is 35.9 Å². The number of amides is 4. The minimum Gasteiger partial charge on any atom is -0.490 e. The molecular formula is C23H19BrCl2N2O5. The predicted octanol–water partition coefficient (Wildman–Crippen LogP) is 5.38. The van der Waals surface area contributed by atoms with E-state index in [-0.39, 0.29) is 18.7 Å². The van der Waals surface area contributed by atoms with Crippen LogP contribution in [0.2, 0.25) is 10.0 Å². The molecule has 4 amide bonds. The lowest BCUT2D eigenvalue weighted by Gasteiger charge is -2.25. The fourth-order valence-corrected chi connectivity index (χ4v) is 3.91. The van der Waals surface area contributed by atoms with E-state index in [0.717, 1.165) is 10.5 Å². The Balaban J connectivity index is 1.92. The average Bonchev–Trinajstić information content (AvgIpc) is 2.76. The van der Waals surface area contributed by atoms with E-state index >= 15 is 0 Å². The number of hydrogen-bond donors (Lipinski definition) is 1. The van der Waals surface area contributed by atoms with Gasteiger partial charge in [0.2, 0.25) is 0 Å². The summed E-state index contributed by atoms with van der Waals surface area (Å²) < 4.78 is 12.2. The molecule has 1 aliphatic heterocycles. The van der Waals surface area contributed by atoms with E-state index in [4.69, 9.17) is 32.7 Å². The smallest absolute Gasteiger partial charge is 0.331 e. The number of nitrogens with one attached hydrogen (secondary N) is 1. The molecule has 0 atom stereocenters. The summed E-state index contributed by atoms with van der Waals surface area (Å²) in [4.78, 5) is 37.7. The molecule has 3 rings (SSSR count). The molecule has 1 N–H and O–H groups in total. The van der Waals surface area contributed by atoms with E-state index in [0.29, 0.717) is 38.2 Å². The molecule has 2 aromatic rings. The third-order valence-electron chi connectivity index (χ3n) is 4.51. The number of hydrogen-bond acceptors (Lipinski definition) is 5. The zero-order valence-corrected chi connectivity index (χ0v) is 20.6. The number of carbonyl (C=O) groups is 3. The van der Waals surface area contributed by atoms with E-state index in [9.17, 15) is 14.4 Å². The second kappa shape index (κ2) is 10.9. The molecule has 0 bridgehead atoms. The minimum atomic E-state index is -0.788. The number of barbiturate groups is 1. The summed E-state index contributed by atoms with van der Waals surface area (Å²) in [6, 6.07) is 7.72. The third-order valence-corrected chi connectivity index (χ3v) is 5.84. The summed E-state index contributed by atoms with van der Waals surface area (Å²) in [7, 11) is 0. The average molecular weight is 554 g/mol. The van der Waals surface area contributed by atoms with Crippen molar-refractivity contribution in [2.45, 2.75) is 13.5 Å². The van der Waals surface area contributed by atoms with Crippen molar-refractivity contribution in [2.75, 3.05) is 13.2 Å². The molecule has 0 unspecified atom stereocenters. The molecule has 0 spiro atoms. The first-order valence-electron chi connectivity index (χ1n) is 9.78. The second-order valence-corrected chi connectivity index (χ2v) is 8.49. The molecular weight excluding hydrogens is 535 g/mol. The van der Waals surface area contributed by atoms with Crippen LogP contribution in [0.1, 0.15) is 18.1 Å². The first kappa shape index (κ1) is 24.8. The highest BCUT2D eigenvalue weighted by Gasteiger charge is 2.35. The Morgan fingerprint density at radius 2 is 1.88 bits per heavy atom. The Labute approximate surface area is 209 Å². The van der Waals surface area contributed by atoms with Crippen molar-refractivity contribution in [2.24, 2.45) is 0 Å². The van der Waals surface area contributed by atoms with Gasteiger partial charge < -0.3 is 9.47 Å². The molecule has 1 fully saturated rings. The van der Waals surface area contributed by atoms with E-state index in [2.05, 4.69) is 27.8 Å². The maximum absolute atomic E-state index is 12.7. The highest BCUT2D eigenvalue weighted by molar-refractivity contribution is 9.10. The molecule has 10 heteroatoms. The van der Waals surface area contributed by atoms with Crippen LogP contribution >= 0.6 is 39.1 Å². The Bertz CT molecular complexity index is 1170. The molecule has 33 heavy (non-hydrogen) atoms. The quantitative estimate of drug-likeness (QED) is 0.269. The van der Waals surface area contributed by atoms with Gasteiger partial charge in [0.15, 0.2) is 11.5 Å². The fourth-order valence-electron chi connectivity index (χ4n) is 3.01. The van der Waals surface area contributed by atoms with Crippen molar-refractivity contribution in [1.82, 2.24) is 10.2 Å². The number of halogens is 3. The lowest BCUT2D eigenvalue weighted by Crippen LogP contribution is -2.54. The van der Waals surface area contributed by atoms with Crippen molar-refractivity contribution < 1.29 is 23.9 Å². The van der Waals surface area contributed by atoms with Crippen LogP contribution in [0.15, 0.2) is 53.0 Å². The Morgan fingerprint density at radius 3 is 2.55 bits per heavy atom. The summed E-state index contributed by atoms with van der Waals surface area (Å²) >= 11 is 15.5. The van der Waals surface area contributed by atoms with Crippen molar-refractivity contribution >= 4 is 63.1 Å². The zero-order valence-electron chi connectivity index (χ0n) is 17.5. The molecule has 1 saturated heterocycles. The number of rotatable bonds is 8. The van der Waals surface area contributed by atoms with Gasteiger partial charge in [0, 0.05) is 6.54 Å². The number of nitrogens with zero attached hydrogens (tertiary/aromatic N) is 1. The van der Waals surface area contributed by atoms with Gasteiger partial charge in [-0.3, -0.25) is 19.8 Å². The summed E-state index contributed by atoms with van der Waals surface area (Å²) in [6.45, 7) is 5.88. The van der Waals surface area contributed by atoms with Gasteiger partial charge in [-0.2, -0.15) is 0 Å². The lowest BCUT2D eigenvalue weighted by molar-refractivity contribution is -0.129. The lowest BCUT2D eigenvalue weighted by atomic mass is 10.1. The maximum atomic E-state index is 12.7. The molecule has 7 nitrogen and oxygen atoms in total. The molecule has 0 radical (unpaired) electrons. The van der Waals surface area contributed by atoms with Crippen LogP contribution in [0, 0.1) is 0 Å². The van der Waals surface area contributed by atoms with E-state index in [1.807, 2.05) is 6.92 Å². The topological polar surface area (TPSA) is 84.9 Å². The summed E-state index contributed by atoms with van der Waals surface area (Å²) in [5, 5.41) is 3.02. The number of urea groups is 1. The predicted molar refractivity (Wildman–Crippen MR) is 130 cm³/mol. The molecule has 0 aliphatic carbocycles. The van der Waals surface area contributed by atoms with Crippen LogP contribution in [0.3, 0.4) is 0 Å². The number of benzene rings is 2. The number of ether oxygens (including phenoxy) is 2. The van der Waals surface area contributed by atoms with Gasteiger partial charge >= 0.3 is 6.03 Å². The highest BCUT2D eigenvalue weighted by Crippen LogP contribution is 2.38. The summed E-state index contributed by atoms with van der Waals surface area (Å²) in [6.07, 6.45) is 2.78. The van der Waals surface area contributed by atoms with E-state index < -0.39 is 17.8 Å². The maximum Gasteiger partial charge on any atom is 0.331 e. The van der Waals surface area contributed by atoms with Crippen molar-refractivity contribution in [1.29, 1.82) is 0 Å². The largest absolute Gasteiger partial charge is 0.490 e. The van der Waals surface area contributed by atoms with Crippen molar-refractivity contribution in [3.05, 3.63) is 74.2 Å². The normalized spacial score (nSPS) is 15.0. The summed E-state index contributed by atoms with van der Waals surface area (Å²) in [5.41, 5.74) is 1.12. The van der Waals surface area contributed by atoms with Gasteiger partial charge in [-0.25, -0.2) is 4.79 Å². The fraction of sp³-hybridized carbons (Fsp3) is 0.174. The highest BCUT2D eigenvalue weighted by atomic mass is 79.9. The number of carbonyl (C=O) groups excluding carboxylic acids is 3. The van der Waals surface area contributed by atoms with Crippen LogP contribution in [0.4, 0.5) is 4.79 Å². The second-order valence-electron chi connectivity index (χ2n) is 6.82. The Hall–Kier alpha value is -2.81. The zero-order chi connectivity index (χ0) is 24.1. The Kier molecular flexibility index (Phi) is 8.18. The summed E-state index contributed by atoms with van der Waals surface area (Å²) in [5.74, 6) is -0.647. The molecule has 1 aliphatic rings. The SMILES string of the molecule is C=CCN1C(=O)NC(=O)/C(=C/c2cc(Br)c(OCc3ccc(Cl)c(Cl)c3)c(OCC)c2)C1=O. The van der Waals surface area contributed by atoms with E-state index in [1.54, 1.807) is 30.3 Å². The van der Waals surface area contributed by atoms with E-state index in [1.165, 1.54) is 12.2 Å². The molecule has 0 aromatic heterocycles. The molecule has 1 heterocycles. The number of imide groups is 2. The van der Waals surface area contributed by atoms with Gasteiger partial charge in [0.1, 0.15) is 12.2 Å². The standard InChI is InChI=1S/C23H19BrCl2N2O5/c1-3-7-28-22(30)15(21(29)27-23(28)31)8-14-9-16(24)20(19(11-14)32-4-2)33-12-13-5-6-17(25)18(26)10-13/h3,5-6,8-11H,1,4,7,12H2,2H3,(H,27,29,31)/b15-8-.